The fourth-order valence-electron chi connectivity index (χ4n) is 13.7. The van der Waals surface area contributed by atoms with Crippen molar-refractivity contribution in [1.29, 1.82) is 0 Å². The van der Waals surface area contributed by atoms with E-state index in [9.17, 15) is 24.9 Å². The van der Waals surface area contributed by atoms with E-state index in [4.69, 9.17) is 52.1 Å². The summed E-state index contributed by atoms with van der Waals surface area (Å²) in [7, 11) is 4.68. The summed E-state index contributed by atoms with van der Waals surface area (Å²) in [6, 6.07) is 9.00. The van der Waals surface area contributed by atoms with E-state index >= 15 is 0 Å². The van der Waals surface area contributed by atoms with E-state index in [1.54, 1.807) is 33.3 Å². The highest BCUT2D eigenvalue weighted by Gasteiger charge is 2.72. The number of esters is 2. The number of fused-ring (bicyclic) bond motifs is 5. The molecule has 0 unspecified atom stereocenters. The number of allylic oxidation sites excluding steroid dienone is 1. The Hall–Kier alpha value is -2.58. The van der Waals surface area contributed by atoms with Crippen LogP contribution in [0.3, 0.4) is 0 Å². The lowest BCUT2D eigenvalue weighted by Gasteiger charge is -2.63. The fraction of sp³-hybridized carbons (Fsp3) is 0.804. The molecule has 0 amide bonds. The number of carbonyl (C=O) groups excluding carboxylic acids is 2. The molecule has 3 aliphatic heterocycles. The third-order valence-corrected chi connectivity index (χ3v) is 17.4. The second kappa shape index (κ2) is 20.3. The van der Waals surface area contributed by atoms with Crippen LogP contribution in [0.15, 0.2) is 42.0 Å². The van der Waals surface area contributed by atoms with Crippen LogP contribution in [0.4, 0.5) is 0 Å². The van der Waals surface area contributed by atoms with Gasteiger partial charge in [-0.3, -0.25) is 4.79 Å². The van der Waals surface area contributed by atoms with E-state index in [0.717, 1.165) is 12.8 Å². The molecule has 6 fully saturated rings. The van der Waals surface area contributed by atoms with Crippen molar-refractivity contribution in [2.24, 2.45) is 28.6 Å². The molecule has 4 aliphatic carbocycles. The van der Waals surface area contributed by atoms with Gasteiger partial charge >= 0.3 is 11.9 Å². The highest BCUT2D eigenvalue weighted by Crippen LogP contribution is 2.69. The van der Waals surface area contributed by atoms with Crippen molar-refractivity contribution >= 4 is 11.9 Å². The topological polar surface area (TPSA) is 196 Å². The maximum Gasteiger partial charge on any atom is 0.338 e. The first-order chi connectivity index (χ1) is 31.9. The lowest BCUT2D eigenvalue weighted by Crippen LogP contribution is -2.67. The summed E-state index contributed by atoms with van der Waals surface area (Å²) in [6.45, 7) is 13.2. The third-order valence-electron chi connectivity index (χ3n) is 17.4. The molecule has 3 heterocycles. The summed E-state index contributed by atoms with van der Waals surface area (Å²) in [4.78, 5) is 26.0. The molecule has 376 valence electrons. The van der Waals surface area contributed by atoms with Crippen LogP contribution in [0, 0.1) is 28.6 Å². The summed E-state index contributed by atoms with van der Waals surface area (Å²) in [5.74, 6) is -1.01. The van der Waals surface area contributed by atoms with Gasteiger partial charge < -0.3 is 67.4 Å². The molecule has 67 heavy (non-hydrogen) atoms. The molecule has 3 saturated heterocycles. The van der Waals surface area contributed by atoms with Crippen molar-refractivity contribution in [2.45, 2.75) is 210 Å². The van der Waals surface area contributed by atoms with Crippen LogP contribution < -0.4 is 0 Å². The molecule has 1 aromatic carbocycles. The van der Waals surface area contributed by atoms with Gasteiger partial charge in [-0.15, -0.1) is 0 Å². The molecule has 3 N–H and O–H groups in total. The van der Waals surface area contributed by atoms with E-state index in [-0.39, 0.29) is 41.3 Å². The number of methoxy groups -OCH3 is 3. The smallest absolute Gasteiger partial charge is 0.338 e. The minimum absolute atomic E-state index is 0.0433. The molecule has 1 aromatic rings. The molecule has 0 spiro atoms. The molecule has 16 nitrogen and oxygen atoms in total. The second-order valence-electron chi connectivity index (χ2n) is 20.9. The van der Waals surface area contributed by atoms with Gasteiger partial charge in [0.05, 0.1) is 47.8 Å². The number of aliphatic hydroxyl groups is 3. The van der Waals surface area contributed by atoms with Gasteiger partial charge in [0.2, 0.25) is 0 Å². The van der Waals surface area contributed by atoms with Gasteiger partial charge in [-0.1, -0.05) is 43.7 Å². The standard InChI is InChI=1S/C51H76O16/c1-26(60-30(5)52)34-19-21-51(56)35-17-16-32-22-33(18-20-49(32,6)36(35)23-39(50(34,51)7)65-47(55)31-14-12-11-13-15-31)64-40-24-37(57-8)44(28(3)61-40)66-41-25-38(58-9)45(29(4)62-41)67-48-43(54)46(59-10)42(53)27(2)63-48/h11-16,26-29,33-46,48,53-54,56H,17-25H2,1-10H3/t26-,27+,28+,29+,33-,34+,35+,36-,37-,38-,39+,40+,41-,42+,43+,44+,45+,46+,48-,49-,50-,51-/m0/s1. The number of rotatable bonds is 13. The first kappa shape index (κ1) is 50.8. The van der Waals surface area contributed by atoms with Crippen LogP contribution in [0.2, 0.25) is 0 Å². The number of benzene rings is 1. The first-order valence-electron chi connectivity index (χ1n) is 24.6. The zero-order valence-corrected chi connectivity index (χ0v) is 40.9. The summed E-state index contributed by atoms with van der Waals surface area (Å²) in [6.07, 6.45) is -2.10. The van der Waals surface area contributed by atoms with E-state index < -0.39 is 103 Å². The number of aliphatic hydroxyl groups excluding tert-OH is 2. The van der Waals surface area contributed by atoms with Crippen molar-refractivity contribution in [3.05, 3.63) is 47.5 Å². The molecule has 22 atom stereocenters. The molecule has 16 heteroatoms. The third kappa shape index (κ3) is 9.41. The Kier molecular flexibility index (Phi) is 15.4. The Morgan fingerprint density at radius 1 is 0.761 bits per heavy atom. The first-order valence-corrected chi connectivity index (χ1v) is 24.6. The number of hydrogen-bond donors (Lipinski definition) is 3. The van der Waals surface area contributed by atoms with Crippen molar-refractivity contribution < 1.29 is 77.0 Å². The lowest BCUT2D eigenvalue weighted by molar-refractivity contribution is -0.352. The molecule has 8 rings (SSSR count). The SMILES string of the molecule is CO[C@H]1[C@@H](O)[C@H](O[C@H]2[C@@H](OC)C[C@H](O[C@H]3[C@@H](OC)C[C@@H](O[C@H]4CC[C@@]5(C)C(=CC[C@@H]6[C@@H]5C[C@@H](OC(=O)c5ccccc5)[C@]5(C)[C@@H]([C@H](C)OC(C)=O)CC[C@]65O)C4)O[C@@H]3C)O[C@@H]2C)O[C@H](C)[C@H]1O. The van der Waals surface area contributed by atoms with Crippen LogP contribution in [-0.4, -0.2) is 152 Å². The molecule has 3 saturated carbocycles. The predicted octanol–water partition coefficient (Wildman–Crippen LogP) is 5.40. The van der Waals surface area contributed by atoms with Gasteiger partial charge in [-0.05, 0) is 102 Å². The number of ether oxygens (including phenoxy) is 11. The van der Waals surface area contributed by atoms with Crippen LogP contribution >= 0.6 is 0 Å². The van der Waals surface area contributed by atoms with Crippen LogP contribution in [0.25, 0.3) is 0 Å². The highest BCUT2D eigenvalue weighted by molar-refractivity contribution is 5.89. The van der Waals surface area contributed by atoms with Gasteiger partial charge in [0.25, 0.3) is 0 Å². The van der Waals surface area contributed by atoms with Gasteiger partial charge in [0.1, 0.15) is 42.7 Å². The lowest BCUT2D eigenvalue weighted by atomic mass is 9.44. The Bertz CT molecular complexity index is 1900. The quantitative estimate of drug-likeness (QED) is 0.168. The molecular weight excluding hydrogens is 869 g/mol. The zero-order chi connectivity index (χ0) is 48.2. The van der Waals surface area contributed by atoms with E-state index in [1.807, 2.05) is 39.0 Å². The summed E-state index contributed by atoms with van der Waals surface area (Å²) in [5.41, 5.74) is -0.495. The van der Waals surface area contributed by atoms with E-state index in [0.29, 0.717) is 50.5 Å². The van der Waals surface area contributed by atoms with Gasteiger partial charge in [0, 0.05) is 52.4 Å². The summed E-state index contributed by atoms with van der Waals surface area (Å²) < 4.78 is 68.0. The fourth-order valence-corrected chi connectivity index (χ4v) is 13.7. The highest BCUT2D eigenvalue weighted by atomic mass is 16.8. The Morgan fingerprint density at radius 3 is 2.03 bits per heavy atom. The minimum Gasteiger partial charge on any atom is -0.463 e. The van der Waals surface area contributed by atoms with Gasteiger partial charge in [-0.2, -0.15) is 0 Å². The van der Waals surface area contributed by atoms with E-state index in [2.05, 4.69) is 19.9 Å². The van der Waals surface area contributed by atoms with Gasteiger partial charge in [0.15, 0.2) is 18.9 Å². The van der Waals surface area contributed by atoms with E-state index in [1.165, 1.54) is 19.6 Å². The summed E-state index contributed by atoms with van der Waals surface area (Å²) in [5, 5.41) is 34.5. The molecule has 0 radical (unpaired) electrons. The second-order valence-corrected chi connectivity index (χ2v) is 20.9. The maximum absolute atomic E-state index is 13.8. The van der Waals surface area contributed by atoms with Crippen molar-refractivity contribution in [3.63, 3.8) is 0 Å². The Labute approximate surface area is 395 Å². The molecule has 0 aromatic heterocycles. The number of carbonyl (C=O) groups is 2. The Morgan fingerprint density at radius 2 is 1.40 bits per heavy atom. The van der Waals surface area contributed by atoms with Crippen LogP contribution in [0.1, 0.15) is 117 Å². The van der Waals surface area contributed by atoms with Gasteiger partial charge in [-0.25, -0.2) is 4.79 Å². The monoisotopic (exact) mass is 945 g/mol. The Balaban J connectivity index is 0.913. The normalized spacial score (nSPS) is 46.9. The number of hydrogen-bond acceptors (Lipinski definition) is 16. The average Bonchev–Trinajstić information content (AvgIpc) is 3.59. The van der Waals surface area contributed by atoms with Crippen LogP contribution in [-0.2, 0) is 56.9 Å². The largest absolute Gasteiger partial charge is 0.463 e. The maximum atomic E-state index is 13.8. The molecule has 0 bridgehead atoms. The van der Waals surface area contributed by atoms with Crippen LogP contribution in [0.5, 0.6) is 0 Å². The van der Waals surface area contributed by atoms with Crippen molar-refractivity contribution in [3.8, 4) is 0 Å². The summed E-state index contributed by atoms with van der Waals surface area (Å²) >= 11 is 0. The predicted molar refractivity (Wildman–Crippen MR) is 240 cm³/mol. The van der Waals surface area contributed by atoms with Crippen molar-refractivity contribution in [2.75, 3.05) is 21.3 Å². The molecule has 7 aliphatic rings. The molecular formula is C51H76O16. The van der Waals surface area contributed by atoms with Crippen molar-refractivity contribution in [1.82, 2.24) is 0 Å². The minimum atomic E-state index is -1.22. The average molecular weight is 945 g/mol. The zero-order valence-electron chi connectivity index (χ0n) is 40.9.